The smallest absolute Gasteiger partial charge is 0.258 e. The molecule has 2 rings (SSSR count). The van der Waals surface area contributed by atoms with Crippen LogP contribution >= 0.6 is 22.7 Å². The van der Waals surface area contributed by atoms with Gasteiger partial charge in [0.1, 0.15) is 0 Å². The third-order valence-corrected chi connectivity index (χ3v) is 3.96. The van der Waals surface area contributed by atoms with Crippen LogP contribution < -0.4 is 0 Å². The normalized spacial score (nSPS) is 11.4. The number of rotatable bonds is 5. The summed E-state index contributed by atoms with van der Waals surface area (Å²) in [5, 5.41) is 28.5. The highest BCUT2D eigenvalue weighted by molar-refractivity contribution is 7.17. The van der Waals surface area contributed by atoms with E-state index >= 15 is 0 Å². The largest absolute Gasteiger partial charge is 0.324 e. The zero-order valence-corrected chi connectivity index (χ0v) is 11.3. The molecular formula is C10H6N4O4S2. The molecule has 0 fully saturated rings. The van der Waals surface area contributed by atoms with Crippen molar-refractivity contribution in [2.75, 3.05) is 0 Å². The molecule has 8 nitrogen and oxygen atoms in total. The summed E-state index contributed by atoms with van der Waals surface area (Å²) >= 11 is 1.97. The lowest BCUT2D eigenvalue weighted by Crippen LogP contribution is -1.80. The van der Waals surface area contributed by atoms with Crippen molar-refractivity contribution >= 4 is 45.1 Å². The van der Waals surface area contributed by atoms with Crippen molar-refractivity contribution in [1.82, 2.24) is 0 Å². The van der Waals surface area contributed by atoms with Crippen LogP contribution in [0.15, 0.2) is 34.5 Å². The molecule has 0 aliphatic rings. The van der Waals surface area contributed by atoms with Gasteiger partial charge in [0.05, 0.1) is 32.0 Å². The first-order valence-corrected chi connectivity index (χ1v) is 6.74. The molecule has 0 saturated carbocycles. The van der Waals surface area contributed by atoms with E-state index in [-0.39, 0.29) is 10.0 Å². The van der Waals surface area contributed by atoms with E-state index in [2.05, 4.69) is 10.2 Å². The van der Waals surface area contributed by atoms with Gasteiger partial charge < -0.3 is 0 Å². The molecule has 0 aliphatic heterocycles. The van der Waals surface area contributed by atoms with Crippen molar-refractivity contribution in [3.05, 3.63) is 54.2 Å². The highest BCUT2D eigenvalue weighted by atomic mass is 32.1. The topological polar surface area (TPSA) is 111 Å². The molecule has 0 spiro atoms. The summed E-state index contributed by atoms with van der Waals surface area (Å²) in [4.78, 5) is 21.2. The predicted octanol–water partition coefficient (Wildman–Crippen LogP) is 3.08. The van der Waals surface area contributed by atoms with Gasteiger partial charge in [-0.3, -0.25) is 20.2 Å². The maximum Gasteiger partial charge on any atom is 0.324 e. The Labute approximate surface area is 120 Å². The lowest BCUT2D eigenvalue weighted by molar-refractivity contribution is -0.380. The Kier molecular flexibility index (Phi) is 4.27. The fraction of sp³-hybridized carbons (Fsp3) is 0. The molecule has 2 heterocycles. The third-order valence-electron chi connectivity index (χ3n) is 2.02. The maximum atomic E-state index is 10.5. The van der Waals surface area contributed by atoms with E-state index in [4.69, 9.17) is 0 Å². The van der Waals surface area contributed by atoms with E-state index in [1.807, 2.05) is 0 Å². The Morgan fingerprint density at radius 2 is 1.25 bits per heavy atom. The fourth-order valence-electron chi connectivity index (χ4n) is 1.20. The van der Waals surface area contributed by atoms with Crippen LogP contribution in [0.3, 0.4) is 0 Å². The summed E-state index contributed by atoms with van der Waals surface area (Å²) in [7, 11) is 0. The second-order valence-electron chi connectivity index (χ2n) is 3.36. The molecule has 0 amide bonds. The van der Waals surface area contributed by atoms with E-state index in [0.29, 0.717) is 9.75 Å². The van der Waals surface area contributed by atoms with Crippen molar-refractivity contribution in [1.29, 1.82) is 0 Å². The fourth-order valence-corrected chi connectivity index (χ4v) is 2.58. The van der Waals surface area contributed by atoms with Crippen LogP contribution in [0.25, 0.3) is 0 Å². The molecule has 0 N–H and O–H groups in total. The molecule has 102 valence electrons. The first kappa shape index (κ1) is 14.0. The third kappa shape index (κ3) is 3.52. The first-order valence-electron chi connectivity index (χ1n) is 5.11. The van der Waals surface area contributed by atoms with E-state index in [1.54, 1.807) is 12.1 Å². The summed E-state index contributed by atoms with van der Waals surface area (Å²) in [5.41, 5.74) is 0. The van der Waals surface area contributed by atoms with Crippen molar-refractivity contribution in [2.24, 2.45) is 10.2 Å². The summed E-state index contributed by atoms with van der Waals surface area (Å²) < 4.78 is 0. The summed E-state index contributed by atoms with van der Waals surface area (Å²) in [6.07, 6.45) is 2.77. The zero-order chi connectivity index (χ0) is 14.5. The lowest BCUT2D eigenvalue weighted by Gasteiger charge is -1.81. The molecule has 0 bridgehead atoms. The van der Waals surface area contributed by atoms with Gasteiger partial charge in [-0.25, -0.2) is 0 Å². The van der Waals surface area contributed by atoms with Crippen molar-refractivity contribution in [2.45, 2.75) is 0 Å². The van der Waals surface area contributed by atoms with Crippen LogP contribution in [-0.4, -0.2) is 22.3 Å². The van der Waals surface area contributed by atoms with Gasteiger partial charge in [-0.1, -0.05) is 22.7 Å². The van der Waals surface area contributed by atoms with Crippen LogP contribution in [0.5, 0.6) is 0 Å². The SMILES string of the molecule is O=[N+]([O-])c1ccc(C=NN=Cc2ccc([N+](=O)[O-])s2)s1. The summed E-state index contributed by atoms with van der Waals surface area (Å²) in [6, 6.07) is 5.91. The number of hydrogen-bond acceptors (Lipinski definition) is 8. The second-order valence-corrected chi connectivity index (χ2v) is 5.54. The molecule has 10 heteroatoms. The Hall–Kier alpha value is -2.46. The van der Waals surface area contributed by atoms with Crippen LogP contribution in [-0.2, 0) is 0 Å². The predicted molar refractivity (Wildman–Crippen MR) is 77.1 cm³/mol. The molecule has 0 aliphatic carbocycles. The van der Waals surface area contributed by atoms with Gasteiger partial charge in [-0.05, 0) is 12.1 Å². The minimum Gasteiger partial charge on any atom is -0.258 e. The second kappa shape index (κ2) is 6.12. The Morgan fingerprint density at radius 3 is 1.55 bits per heavy atom. The van der Waals surface area contributed by atoms with Gasteiger partial charge in [0.15, 0.2) is 0 Å². The van der Waals surface area contributed by atoms with Gasteiger partial charge in [0.2, 0.25) is 0 Å². The average Bonchev–Trinajstić information content (AvgIpc) is 3.04. The Balaban J connectivity index is 1.99. The average molecular weight is 310 g/mol. The Morgan fingerprint density at radius 1 is 0.850 bits per heavy atom. The molecule has 0 radical (unpaired) electrons. The van der Waals surface area contributed by atoms with E-state index < -0.39 is 9.85 Å². The summed E-state index contributed by atoms with van der Waals surface area (Å²) in [5.74, 6) is 0. The minimum atomic E-state index is -0.476. The Bertz CT molecular complexity index is 643. The minimum absolute atomic E-state index is 0.0318. The molecule has 2 aromatic heterocycles. The molecular weight excluding hydrogens is 304 g/mol. The number of nitro groups is 2. The van der Waals surface area contributed by atoms with Crippen LogP contribution in [0.1, 0.15) is 9.75 Å². The van der Waals surface area contributed by atoms with Gasteiger partial charge in [-0.2, -0.15) is 10.2 Å². The van der Waals surface area contributed by atoms with E-state index in [9.17, 15) is 20.2 Å². The van der Waals surface area contributed by atoms with Crippen molar-refractivity contribution < 1.29 is 9.85 Å². The molecule has 0 aromatic carbocycles. The highest BCUT2D eigenvalue weighted by Gasteiger charge is 2.08. The number of nitrogens with zero attached hydrogens (tertiary/aromatic N) is 4. The molecule has 0 unspecified atom stereocenters. The quantitative estimate of drug-likeness (QED) is 0.480. The molecule has 2 aromatic rings. The number of hydrogen-bond donors (Lipinski definition) is 0. The number of thiophene rings is 2. The van der Waals surface area contributed by atoms with Gasteiger partial charge >= 0.3 is 10.0 Å². The molecule has 0 saturated heterocycles. The van der Waals surface area contributed by atoms with Gasteiger partial charge in [-0.15, -0.1) is 0 Å². The zero-order valence-electron chi connectivity index (χ0n) is 9.70. The van der Waals surface area contributed by atoms with Crippen LogP contribution in [0, 0.1) is 20.2 Å². The molecule has 0 atom stereocenters. The lowest BCUT2D eigenvalue weighted by atomic mass is 10.5. The van der Waals surface area contributed by atoms with E-state index in [0.717, 1.165) is 22.7 Å². The van der Waals surface area contributed by atoms with Crippen LogP contribution in [0.2, 0.25) is 0 Å². The van der Waals surface area contributed by atoms with Gasteiger partial charge in [0.25, 0.3) is 0 Å². The summed E-state index contributed by atoms with van der Waals surface area (Å²) in [6.45, 7) is 0. The maximum absolute atomic E-state index is 10.5. The highest BCUT2D eigenvalue weighted by Crippen LogP contribution is 2.23. The van der Waals surface area contributed by atoms with Crippen molar-refractivity contribution in [3.8, 4) is 0 Å². The van der Waals surface area contributed by atoms with Gasteiger partial charge in [0, 0.05) is 12.1 Å². The standard InChI is InChI=1S/C10H6N4O4S2/c15-13(16)9-3-1-7(19-9)5-11-12-6-8-2-4-10(20-8)14(17)18/h1-6H. The van der Waals surface area contributed by atoms with Crippen LogP contribution in [0.4, 0.5) is 10.0 Å². The van der Waals surface area contributed by atoms with E-state index in [1.165, 1.54) is 24.6 Å². The molecule has 20 heavy (non-hydrogen) atoms. The van der Waals surface area contributed by atoms with Crippen molar-refractivity contribution in [3.63, 3.8) is 0 Å². The first-order chi connectivity index (χ1) is 9.56. The monoisotopic (exact) mass is 310 g/mol.